The molecule has 2 nitrogen and oxygen atoms in total. The van der Waals surface area contributed by atoms with Crippen LogP contribution in [0.4, 0.5) is 0 Å². The zero-order valence-electron chi connectivity index (χ0n) is 21.0. The van der Waals surface area contributed by atoms with Gasteiger partial charge in [0.2, 0.25) is 0 Å². The topological polar surface area (TPSA) is 22.4 Å². The Balaban J connectivity index is 1.36. The smallest absolute Gasteiger partial charge is 0.136 e. The maximum absolute atomic E-state index is 6.71. The van der Waals surface area contributed by atoms with Gasteiger partial charge in [-0.2, -0.15) is 0 Å². The van der Waals surface area contributed by atoms with Crippen LogP contribution >= 0.6 is 0 Å². The summed E-state index contributed by atoms with van der Waals surface area (Å²) in [7, 11) is 0. The monoisotopic (exact) mass is 498 g/mol. The van der Waals surface area contributed by atoms with Gasteiger partial charge in [-0.15, -0.1) is 0 Å². The van der Waals surface area contributed by atoms with E-state index >= 15 is 0 Å². The number of rotatable bonds is 1. The van der Waals surface area contributed by atoms with Gasteiger partial charge < -0.3 is 9.15 Å². The van der Waals surface area contributed by atoms with E-state index in [0.717, 1.165) is 44.6 Å². The number of fused-ring (bicyclic) bond motifs is 12. The van der Waals surface area contributed by atoms with Crippen LogP contribution in [0, 0.1) is 0 Å². The number of hydrogen-bond acceptors (Lipinski definition) is 2. The van der Waals surface area contributed by atoms with E-state index < -0.39 is 5.41 Å². The lowest BCUT2D eigenvalue weighted by atomic mass is 9.66. The van der Waals surface area contributed by atoms with E-state index in [4.69, 9.17) is 9.15 Å². The Morgan fingerprint density at radius 2 is 1.05 bits per heavy atom. The molecule has 1 aromatic heterocycles. The van der Waals surface area contributed by atoms with Crippen molar-refractivity contribution in [3.63, 3.8) is 0 Å². The first-order chi connectivity index (χ1) is 19.3. The van der Waals surface area contributed by atoms with Crippen molar-refractivity contribution in [3.8, 4) is 33.8 Å². The molecule has 182 valence electrons. The second-order valence-electron chi connectivity index (χ2n) is 10.4. The maximum atomic E-state index is 6.71. The highest BCUT2D eigenvalue weighted by molar-refractivity contribution is 6.12. The quantitative estimate of drug-likeness (QED) is 0.225. The summed E-state index contributed by atoms with van der Waals surface area (Å²) >= 11 is 0. The van der Waals surface area contributed by atoms with Crippen LogP contribution in [0.3, 0.4) is 0 Å². The summed E-state index contributed by atoms with van der Waals surface area (Å²) in [5, 5.41) is 2.26. The molecule has 0 unspecified atom stereocenters. The molecule has 2 aliphatic rings. The molecule has 9 rings (SSSR count). The Morgan fingerprint density at radius 1 is 0.436 bits per heavy atom. The SMILES string of the molecule is c1ccc2c(c1)Oc1cc(-c3cccc4oc5ccccc5c34)ccc1C21c2ccccc2-c2ccccc21. The van der Waals surface area contributed by atoms with Crippen molar-refractivity contribution < 1.29 is 9.15 Å². The molecular weight excluding hydrogens is 476 g/mol. The van der Waals surface area contributed by atoms with E-state index in [2.05, 4.69) is 115 Å². The summed E-state index contributed by atoms with van der Waals surface area (Å²) in [5.74, 6) is 1.79. The van der Waals surface area contributed by atoms with Crippen molar-refractivity contribution in [3.05, 3.63) is 156 Å². The molecule has 2 heterocycles. The standard InChI is InChI=1S/C37H22O2/c1-4-14-28-25(10-1)26-11-2-5-15-29(26)37(28)30-16-6-8-18-33(30)39-35-22-23(20-21-31(35)37)24-13-9-19-34-36(24)27-12-3-7-17-32(27)38-34/h1-22H. The fourth-order valence-corrected chi connectivity index (χ4v) is 7.04. The highest BCUT2D eigenvalue weighted by Gasteiger charge is 2.50. The largest absolute Gasteiger partial charge is 0.457 e. The Kier molecular flexibility index (Phi) is 4.02. The van der Waals surface area contributed by atoms with E-state index in [-0.39, 0.29) is 0 Å². The molecule has 6 aromatic carbocycles. The number of benzene rings is 6. The van der Waals surface area contributed by atoms with Gasteiger partial charge in [-0.3, -0.25) is 0 Å². The minimum Gasteiger partial charge on any atom is -0.457 e. The van der Waals surface area contributed by atoms with E-state index in [9.17, 15) is 0 Å². The third-order valence-corrected chi connectivity index (χ3v) is 8.56. The molecule has 0 saturated heterocycles. The zero-order valence-corrected chi connectivity index (χ0v) is 21.0. The summed E-state index contributed by atoms with van der Waals surface area (Å²) in [4.78, 5) is 0. The summed E-state index contributed by atoms with van der Waals surface area (Å²) in [5.41, 5.74) is 11.2. The average Bonchev–Trinajstić information content (AvgIpc) is 3.52. The maximum Gasteiger partial charge on any atom is 0.136 e. The van der Waals surface area contributed by atoms with E-state index in [0.29, 0.717) is 0 Å². The second kappa shape index (κ2) is 7.49. The zero-order chi connectivity index (χ0) is 25.6. The van der Waals surface area contributed by atoms with E-state index in [1.807, 2.05) is 18.2 Å². The fourth-order valence-electron chi connectivity index (χ4n) is 7.04. The first-order valence-electron chi connectivity index (χ1n) is 13.4. The molecule has 0 saturated carbocycles. The lowest BCUT2D eigenvalue weighted by Gasteiger charge is -2.39. The number of hydrogen-bond donors (Lipinski definition) is 0. The van der Waals surface area contributed by atoms with Gasteiger partial charge in [0.15, 0.2) is 0 Å². The molecule has 0 atom stereocenters. The summed E-state index contributed by atoms with van der Waals surface area (Å²) in [6.45, 7) is 0. The van der Waals surface area contributed by atoms with Gasteiger partial charge in [0, 0.05) is 21.9 Å². The molecule has 2 heteroatoms. The van der Waals surface area contributed by atoms with Crippen LogP contribution in [0.25, 0.3) is 44.2 Å². The second-order valence-corrected chi connectivity index (χ2v) is 10.4. The first kappa shape index (κ1) is 20.9. The van der Waals surface area contributed by atoms with E-state index in [1.165, 1.54) is 33.4 Å². The van der Waals surface area contributed by atoms with Crippen molar-refractivity contribution in [1.29, 1.82) is 0 Å². The fraction of sp³-hybridized carbons (Fsp3) is 0.0270. The van der Waals surface area contributed by atoms with Crippen LogP contribution in [0.2, 0.25) is 0 Å². The Labute approximate surface area is 225 Å². The molecule has 0 bridgehead atoms. The number of para-hydroxylation sites is 2. The van der Waals surface area contributed by atoms with Crippen molar-refractivity contribution in [1.82, 2.24) is 0 Å². The number of ether oxygens (including phenoxy) is 1. The molecule has 1 aliphatic heterocycles. The van der Waals surface area contributed by atoms with Gasteiger partial charge in [0.25, 0.3) is 0 Å². The minimum atomic E-state index is -0.440. The summed E-state index contributed by atoms with van der Waals surface area (Å²) < 4.78 is 12.9. The average molecular weight is 499 g/mol. The molecule has 0 radical (unpaired) electrons. The minimum absolute atomic E-state index is 0.440. The first-order valence-corrected chi connectivity index (χ1v) is 13.4. The van der Waals surface area contributed by atoms with Crippen LogP contribution in [0.15, 0.2) is 138 Å². The van der Waals surface area contributed by atoms with Crippen molar-refractivity contribution >= 4 is 21.9 Å². The van der Waals surface area contributed by atoms with E-state index in [1.54, 1.807) is 0 Å². The Morgan fingerprint density at radius 3 is 1.87 bits per heavy atom. The lowest BCUT2D eigenvalue weighted by molar-refractivity contribution is 0.436. The third kappa shape index (κ3) is 2.60. The Bertz CT molecular complexity index is 2070. The van der Waals surface area contributed by atoms with Gasteiger partial charge >= 0.3 is 0 Å². The van der Waals surface area contributed by atoms with Gasteiger partial charge in [0.1, 0.15) is 22.7 Å². The van der Waals surface area contributed by atoms with Gasteiger partial charge in [-0.25, -0.2) is 0 Å². The third-order valence-electron chi connectivity index (χ3n) is 8.56. The van der Waals surface area contributed by atoms with Crippen LogP contribution < -0.4 is 4.74 Å². The normalized spacial score (nSPS) is 14.1. The summed E-state index contributed by atoms with van der Waals surface area (Å²) in [6.07, 6.45) is 0. The highest BCUT2D eigenvalue weighted by Crippen LogP contribution is 2.62. The molecule has 1 spiro atoms. The number of furan rings is 1. The van der Waals surface area contributed by atoms with Crippen molar-refractivity contribution in [2.45, 2.75) is 5.41 Å². The molecule has 0 fully saturated rings. The highest BCUT2D eigenvalue weighted by atomic mass is 16.5. The van der Waals surface area contributed by atoms with Crippen molar-refractivity contribution in [2.75, 3.05) is 0 Å². The lowest BCUT2D eigenvalue weighted by Crippen LogP contribution is -2.32. The van der Waals surface area contributed by atoms with Crippen LogP contribution in [0.5, 0.6) is 11.5 Å². The van der Waals surface area contributed by atoms with Crippen LogP contribution in [-0.4, -0.2) is 0 Å². The predicted molar refractivity (Wildman–Crippen MR) is 157 cm³/mol. The van der Waals surface area contributed by atoms with Gasteiger partial charge in [0.05, 0.1) is 5.41 Å². The molecular formula is C37H22O2. The van der Waals surface area contributed by atoms with Crippen LogP contribution in [-0.2, 0) is 5.41 Å². The molecule has 0 N–H and O–H groups in total. The Hall–Kier alpha value is -5.08. The summed E-state index contributed by atoms with van der Waals surface area (Å²) in [6, 6.07) is 47.5. The molecule has 39 heavy (non-hydrogen) atoms. The van der Waals surface area contributed by atoms with Gasteiger partial charge in [-0.05, 0) is 57.6 Å². The van der Waals surface area contributed by atoms with Crippen molar-refractivity contribution in [2.24, 2.45) is 0 Å². The van der Waals surface area contributed by atoms with Crippen LogP contribution in [0.1, 0.15) is 22.3 Å². The predicted octanol–water partition coefficient (Wildman–Crippen LogP) is 9.72. The molecule has 7 aromatic rings. The van der Waals surface area contributed by atoms with Gasteiger partial charge in [-0.1, -0.05) is 109 Å². The molecule has 0 amide bonds. The molecule has 1 aliphatic carbocycles.